The van der Waals surface area contributed by atoms with Crippen LogP contribution in [0.5, 0.6) is 0 Å². The minimum Gasteiger partial charge on any atom is -0.384 e. The lowest BCUT2D eigenvalue weighted by Crippen LogP contribution is -2.23. The third kappa shape index (κ3) is 3.92. The van der Waals surface area contributed by atoms with Gasteiger partial charge in [-0.05, 0) is 13.0 Å². The molecule has 3 N–H and O–H groups in total. The molecule has 0 fully saturated rings. The van der Waals surface area contributed by atoms with Gasteiger partial charge in [0.25, 0.3) is 0 Å². The second-order valence-corrected chi connectivity index (χ2v) is 4.30. The summed E-state index contributed by atoms with van der Waals surface area (Å²) >= 11 is 0. The summed E-state index contributed by atoms with van der Waals surface area (Å²) in [6, 6.07) is 3.77. The molecule has 2 heterocycles. The van der Waals surface area contributed by atoms with E-state index in [-0.39, 0.29) is 6.04 Å². The van der Waals surface area contributed by atoms with Crippen LogP contribution in [0.25, 0.3) is 0 Å². The minimum atomic E-state index is 0.171. The molecule has 0 saturated carbocycles. The fourth-order valence-electron chi connectivity index (χ4n) is 1.77. The molecule has 7 heteroatoms. The number of methoxy groups -OCH3 is 1. The Labute approximate surface area is 111 Å². The number of anilines is 2. The van der Waals surface area contributed by atoms with Gasteiger partial charge in [0.05, 0.1) is 6.54 Å². The Balaban J connectivity index is 2.01. The molecule has 102 valence electrons. The van der Waals surface area contributed by atoms with E-state index < -0.39 is 0 Å². The van der Waals surface area contributed by atoms with E-state index in [9.17, 15) is 0 Å². The standard InChI is InChI=1S/C12H18N6O/c1-9(7-18-5-3-4-14-18)15-11-6-10(13)16-12(17-11)8-19-2/h3-6,9H,7-8H2,1-2H3,(H3,13,15,16,17). The van der Waals surface area contributed by atoms with Gasteiger partial charge in [0.1, 0.15) is 18.2 Å². The molecule has 0 aliphatic rings. The van der Waals surface area contributed by atoms with Crippen LogP contribution in [-0.4, -0.2) is 32.9 Å². The van der Waals surface area contributed by atoms with Crippen molar-refractivity contribution in [2.75, 3.05) is 18.2 Å². The van der Waals surface area contributed by atoms with Crippen LogP contribution in [-0.2, 0) is 17.9 Å². The first-order valence-corrected chi connectivity index (χ1v) is 6.03. The van der Waals surface area contributed by atoms with Gasteiger partial charge in [-0.3, -0.25) is 4.68 Å². The average molecular weight is 262 g/mol. The van der Waals surface area contributed by atoms with E-state index in [1.165, 1.54) is 0 Å². The highest BCUT2D eigenvalue weighted by Crippen LogP contribution is 2.10. The molecule has 1 atom stereocenters. The predicted molar refractivity (Wildman–Crippen MR) is 72.5 cm³/mol. The summed E-state index contributed by atoms with van der Waals surface area (Å²) in [6.45, 7) is 3.14. The van der Waals surface area contributed by atoms with E-state index >= 15 is 0 Å². The second-order valence-electron chi connectivity index (χ2n) is 4.30. The molecule has 2 rings (SSSR count). The van der Waals surface area contributed by atoms with Crippen molar-refractivity contribution < 1.29 is 4.74 Å². The Bertz CT molecular complexity index is 513. The Morgan fingerprint density at radius 3 is 3.00 bits per heavy atom. The van der Waals surface area contributed by atoms with Crippen LogP contribution in [0.1, 0.15) is 12.7 Å². The van der Waals surface area contributed by atoms with Gasteiger partial charge in [-0.25, -0.2) is 9.97 Å². The van der Waals surface area contributed by atoms with Gasteiger partial charge in [-0.1, -0.05) is 0 Å². The van der Waals surface area contributed by atoms with E-state index in [2.05, 4.69) is 27.3 Å². The lowest BCUT2D eigenvalue weighted by molar-refractivity contribution is 0.178. The van der Waals surface area contributed by atoms with Crippen molar-refractivity contribution in [1.82, 2.24) is 19.7 Å². The van der Waals surface area contributed by atoms with Crippen LogP contribution in [0.2, 0.25) is 0 Å². The van der Waals surface area contributed by atoms with Crippen molar-refractivity contribution in [3.05, 3.63) is 30.4 Å². The van der Waals surface area contributed by atoms with Gasteiger partial charge in [0.15, 0.2) is 5.82 Å². The Kier molecular flexibility index (Phi) is 4.30. The number of rotatable bonds is 6. The van der Waals surface area contributed by atoms with Gasteiger partial charge < -0.3 is 15.8 Å². The quantitative estimate of drug-likeness (QED) is 0.803. The van der Waals surface area contributed by atoms with Crippen molar-refractivity contribution in [1.29, 1.82) is 0 Å². The summed E-state index contributed by atoms with van der Waals surface area (Å²) < 4.78 is 6.87. The normalized spacial score (nSPS) is 12.3. The molecule has 0 amide bonds. The van der Waals surface area contributed by atoms with Crippen molar-refractivity contribution in [3.8, 4) is 0 Å². The van der Waals surface area contributed by atoms with Crippen LogP contribution in [0.4, 0.5) is 11.6 Å². The Morgan fingerprint density at radius 2 is 2.32 bits per heavy atom. The van der Waals surface area contributed by atoms with Gasteiger partial charge in [-0.15, -0.1) is 0 Å². The minimum absolute atomic E-state index is 0.171. The highest BCUT2D eigenvalue weighted by molar-refractivity contribution is 5.45. The topological polar surface area (TPSA) is 90.9 Å². The first kappa shape index (κ1) is 13.3. The van der Waals surface area contributed by atoms with E-state index in [1.807, 2.05) is 16.9 Å². The maximum atomic E-state index is 5.74. The summed E-state index contributed by atoms with van der Waals surface area (Å²) in [5, 5.41) is 7.43. The Hall–Kier alpha value is -2.15. The summed E-state index contributed by atoms with van der Waals surface area (Å²) in [7, 11) is 1.60. The molecule has 0 aliphatic carbocycles. The molecular formula is C12H18N6O. The lowest BCUT2D eigenvalue weighted by Gasteiger charge is -2.15. The van der Waals surface area contributed by atoms with Gasteiger partial charge in [0, 0.05) is 31.6 Å². The van der Waals surface area contributed by atoms with E-state index in [0.717, 1.165) is 6.54 Å². The van der Waals surface area contributed by atoms with Crippen molar-refractivity contribution in [3.63, 3.8) is 0 Å². The maximum Gasteiger partial charge on any atom is 0.158 e. The highest BCUT2D eigenvalue weighted by Gasteiger charge is 2.07. The molecule has 0 aliphatic heterocycles. The second kappa shape index (κ2) is 6.14. The zero-order valence-electron chi connectivity index (χ0n) is 11.1. The first-order valence-electron chi connectivity index (χ1n) is 6.03. The van der Waals surface area contributed by atoms with Crippen molar-refractivity contribution in [2.45, 2.75) is 26.1 Å². The lowest BCUT2D eigenvalue weighted by atomic mass is 10.3. The summed E-state index contributed by atoms with van der Waals surface area (Å²) in [6.07, 6.45) is 3.68. The largest absolute Gasteiger partial charge is 0.384 e. The number of nitrogen functional groups attached to an aromatic ring is 1. The maximum absolute atomic E-state index is 5.74. The number of nitrogens with zero attached hydrogens (tertiary/aromatic N) is 4. The first-order chi connectivity index (χ1) is 9.17. The highest BCUT2D eigenvalue weighted by atomic mass is 16.5. The molecule has 0 radical (unpaired) electrons. The third-order valence-electron chi connectivity index (χ3n) is 2.48. The fourth-order valence-corrected chi connectivity index (χ4v) is 1.77. The van der Waals surface area contributed by atoms with E-state index in [4.69, 9.17) is 10.5 Å². The summed E-state index contributed by atoms with van der Waals surface area (Å²) in [4.78, 5) is 8.43. The molecule has 19 heavy (non-hydrogen) atoms. The van der Waals surface area contributed by atoms with Crippen LogP contribution in [0.15, 0.2) is 24.5 Å². The van der Waals surface area contributed by atoms with E-state index in [1.54, 1.807) is 19.4 Å². The average Bonchev–Trinajstić information content (AvgIpc) is 2.81. The molecule has 7 nitrogen and oxygen atoms in total. The van der Waals surface area contributed by atoms with Gasteiger partial charge >= 0.3 is 0 Å². The Morgan fingerprint density at radius 1 is 1.47 bits per heavy atom. The number of hydrogen-bond donors (Lipinski definition) is 2. The molecule has 1 unspecified atom stereocenters. The number of aromatic nitrogens is 4. The zero-order chi connectivity index (χ0) is 13.7. The fraction of sp³-hybridized carbons (Fsp3) is 0.417. The van der Waals surface area contributed by atoms with Crippen molar-refractivity contribution >= 4 is 11.6 Å². The summed E-state index contributed by atoms with van der Waals surface area (Å²) in [5.74, 6) is 1.69. The van der Waals surface area contributed by atoms with Gasteiger partial charge in [-0.2, -0.15) is 5.10 Å². The van der Waals surface area contributed by atoms with Crippen LogP contribution >= 0.6 is 0 Å². The molecule has 2 aromatic rings. The number of nitrogens with two attached hydrogens (primary N) is 1. The zero-order valence-corrected chi connectivity index (χ0v) is 11.1. The predicted octanol–water partition coefficient (Wildman–Crippen LogP) is 0.902. The molecule has 0 saturated heterocycles. The van der Waals surface area contributed by atoms with Crippen molar-refractivity contribution in [2.24, 2.45) is 0 Å². The molecule has 0 spiro atoms. The van der Waals surface area contributed by atoms with Crippen LogP contribution < -0.4 is 11.1 Å². The number of hydrogen-bond acceptors (Lipinski definition) is 6. The monoisotopic (exact) mass is 262 g/mol. The van der Waals surface area contributed by atoms with Crippen LogP contribution in [0.3, 0.4) is 0 Å². The molecule has 0 bridgehead atoms. The van der Waals surface area contributed by atoms with E-state index in [0.29, 0.717) is 24.1 Å². The smallest absolute Gasteiger partial charge is 0.158 e. The molecular weight excluding hydrogens is 244 g/mol. The molecule has 2 aromatic heterocycles. The van der Waals surface area contributed by atoms with Gasteiger partial charge in [0.2, 0.25) is 0 Å². The number of ether oxygens (including phenoxy) is 1. The SMILES string of the molecule is COCc1nc(N)cc(NC(C)Cn2cccn2)n1. The summed E-state index contributed by atoms with van der Waals surface area (Å²) in [5.41, 5.74) is 5.74. The molecule has 0 aromatic carbocycles. The third-order valence-corrected chi connectivity index (χ3v) is 2.48. The van der Waals surface area contributed by atoms with Crippen LogP contribution in [0, 0.1) is 0 Å². The number of nitrogens with one attached hydrogen (secondary N) is 1.